The van der Waals surface area contributed by atoms with Crippen LogP contribution in [-0.2, 0) is 6.54 Å². The van der Waals surface area contributed by atoms with Gasteiger partial charge in [0.15, 0.2) is 0 Å². The van der Waals surface area contributed by atoms with E-state index in [9.17, 15) is 4.79 Å². The molecule has 4 rings (SSSR count). The van der Waals surface area contributed by atoms with Crippen molar-refractivity contribution in [3.8, 4) is 5.69 Å². The molecule has 0 saturated carbocycles. The molecule has 2 aromatic heterocycles. The number of hydrogen-bond acceptors (Lipinski definition) is 4. The quantitative estimate of drug-likeness (QED) is 0.712. The molecule has 3 heterocycles. The van der Waals surface area contributed by atoms with Gasteiger partial charge in [-0.15, -0.1) is 0 Å². The van der Waals surface area contributed by atoms with Crippen LogP contribution in [0.4, 0.5) is 0 Å². The molecular formula is C20H22N4OS. The van der Waals surface area contributed by atoms with Gasteiger partial charge in [-0.05, 0) is 47.0 Å². The number of aromatic nitrogens is 2. The molecule has 0 unspecified atom stereocenters. The van der Waals surface area contributed by atoms with Gasteiger partial charge in [0.25, 0.3) is 5.91 Å². The van der Waals surface area contributed by atoms with E-state index in [1.807, 2.05) is 41.4 Å². The zero-order chi connectivity index (χ0) is 17.8. The maximum absolute atomic E-state index is 13.2. The van der Waals surface area contributed by atoms with Gasteiger partial charge in [0.05, 0.1) is 11.3 Å². The number of thiophene rings is 1. The second-order valence-corrected chi connectivity index (χ2v) is 7.30. The second kappa shape index (κ2) is 7.85. The van der Waals surface area contributed by atoms with Crippen molar-refractivity contribution < 1.29 is 4.79 Å². The maximum Gasteiger partial charge on any atom is 0.256 e. The lowest BCUT2D eigenvalue weighted by Crippen LogP contribution is -2.35. The van der Waals surface area contributed by atoms with E-state index in [0.717, 1.165) is 44.8 Å². The summed E-state index contributed by atoms with van der Waals surface area (Å²) in [5.74, 6) is 0.0912. The molecule has 3 aromatic rings. The van der Waals surface area contributed by atoms with Crippen molar-refractivity contribution in [2.75, 3.05) is 26.2 Å². The molecule has 0 N–H and O–H groups in total. The lowest BCUT2D eigenvalue weighted by molar-refractivity contribution is 0.0761. The summed E-state index contributed by atoms with van der Waals surface area (Å²) in [5, 5.41) is 8.61. The molecule has 134 valence electrons. The third-order valence-corrected chi connectivity index (χ3v) is 5.48. The number of rotatable bonds is 4. The predicted molar refractivity (Wildman–Crippen MR) is 104 cm³/mol. The summed E-state index contributed by atoms with van der Waals surface area (Å²) < 4.78 is 1.76. The van der Waals surface area contributed by atoms with Crippen LogP contribution >= 0.6 is 11.3 Å². The first-order chi connectivity index (χ1) is 12.8. The highest BCUT2D eigenvalue weighted by Crippen LogP contribution is 2.18. The first kappa shape index (κ1) is 17.0. The van der Waals surface area contributed by atoms with Crippen molar-refractivity contribution >= 4 is 17.2 Å². The number of amides is 1. The van der Waals surface area contributed by atoms with Crippen molar-refractivity contribution in [3.05, 3.63) is 70.7 Å². The Labute approximate surface area is 157 Å². The average molecular weight is 366 g/mol. The van der Waals surface area contributed by atoms with E-state index < -0.39 is 0 Å². The van der Waals surface area contributed by atoms with Crippen LogP contribution in [0.25, 0.3) is 5.69 Å². The number of para-hydroxylation sites is 1. The normalized spacial score (nSPS) is 15.8. The first-order valence-electron chi connectivity index (χ1n) is 8.93. The molecular weight excluding hydrogens is 344 g/mol. The summed E-state index contributed by atoms with van der Waals surface area (Å²) >= 11 is 1.74. The molecule has 1 aliphatic heterocycles. The molecule has 0 bridgehead atoms. The van der Waals surface area contributed by atoms with Gasteiger partial charge in [-0.1, -0.05) is 12.1 Å². The van der Waals surface area contributed by atoms with Gasteiger partial charge in [0.1, 0.15) is 0 Å². The average Bonchev–Trinajstić information content (AvgIpc) is 3.33. The minimum atomic E-state index is 0.0912. The maximum atomic E-state index is 13.2. The highest BCUT2D eigenvalue weighted by atomic mass is 32.1. The van der Waals surface area contributed by atoms with E-state index in [1.54, 1.807) is 22.2 Å². The Bertz CT molecular complexity index is 845. The third kappa shape index (κ3) is 3.71. The Kier molecular flexibility index (Phi) is 5.13. The van der Waals surface area contributed by atoms with Crippen LogP contribution in [0.2, 0.25) is 0 Å². The molecule has 26 heavy (non-hydrogen) atoms. The van der Waals surface area contributed by atoms with Crippen LogP contribution in [0, 0.1) is 0 Å². The number of carbonyl (C=O) groups excluding carboxylic acids is 1. The van der Waals surface area contributed by atoms with Crippen LogP contribution < -0.4 is 0 Å². The minimum absolute atomic E-state index is 0.0912. The SMILES string of the molecule is O=C(c1ccccc1-n1cccn1)N1CCCN(Cc2ccsc2)CC1. The van der Waals surface area contributed by atoms with Gasteiger partial charge in [-0.3, -0.25) is 9.69 Å². The molecule has 0 aliphatic carbocycles. The molecule has 0 spiro atoms. The Morgan fingerprint density at radius 2 is 2.00 bits per heavy atom. The van der Waals surface area contributed by atoms with E-state index in [1.165, 1.54) is 5.56 Å². The Morgan fingerprint density at radius 1 is 1.08 bits per heavy atom. The van der Waals surface area contributed by atoms with Crippen molar-refractivity contribution in [2.24, 2.45) is 0 Å². The number of hydrogen-bond donors (Lipinski definition) is 0. The van der Waals surface area contributed by atoms with Crippen molar-refractivity contribution in [3.63, 3.8) is 0 Å². The van der Waals surface area contributed by atoms with Crippen LogP contribution in [0.15, 0.2) is 59.6 Å². The predicted octanol–water partition coefficient (Wildman–Crippen LogP) is 3.28. The molecule has 0 atom stereocenters. The van der Waals surface area contributed by atoms with Crippen LogP contribution in [0.1, 0.15) is 22.3 Å². The van der Waals surface area contributed by atoms with Crippen molar-refractivity contribution in [1.29, 1.82) is 0 Å². The summed E-state index contributed by atoms with van der Waals surface area (Å²) in [6.07, 6.45) is 4.60. The molecule has 0 radical (unpaired) electrons. The molecule has 1 amide bonds. The van der Waals surface area contributed by atoms with E-state index in [0.29, 0.717) is 5.56 Å². The lowest BCUT2D eigenvalue weighted by atomic mass is 10.1. The zero-order valence-corrected chi connectivity index (χ0v) is 15.4. The van der Waals surface area contributed by atoms with E-state index in [2.05, 4.69) is 26.8 Å². The Morgan fingerprint density at radius 3 is 2.81 bits per heavy atom. The molecule has 1 aromatic carbocycles. The van der Waals surface area contributed by atoms with E-state index in [-0.39, 0.29) is 5.91 Å². The van der Waals surface area contributed by atoms with Gasteiger partial charge in [0, 0.05) is 45.1 Å². The molecule has 1 aliphatic rings. The number of carbonyl (C=O) groups is 1. The van der Waals surface area contributed by atoms with Gasteiger partial charge < -0.3 is 4.90 Å². The number of nitrogens with zero attached hydrogens (tertiary/aromatic N) is 4. The molecule has 1 fully saturated rings. The molecule has 6 heteroatoms. The summed E-state index contributed by atoms with van der Waals surface area (Å²) in [7, 11) is 0. The third-order valence-electron chi connectivity index (χ3n) is 4.75. The molecule has 5 nitrogen and oxygen atoms in total. The summed E-state index contributed by atoms with van der Waals surface area (Å²) in [6, 6.07) is 11.8. The monoisotopic (exact) mass is 366 g/mol. The summed E-state index contributed by atoms with van der Waals surface area (Å²) in [4.78, 5) is 17.6. The fourth-order valence-electron chi connectivity index (χ4n) is 3.41. The Hall–Kier alpha value is -2.44. The topological polar surface area (TPSA) is 41.4 Å². The summed E-state index contributed by atoms with van der Waals surface area (Å²) in [6.45, 7) is 4.46. The van der Waals surface area contributed by atoms with Gasteiger partial charge in [0.2, 0.25) is 0 Å². The standard InChI is InChI=1S/C20H22N4OS/c25-20(18-5-1-2-6-19(18)24-11-3-8-21-24)23-10-4-9-22(12-13-23)15-17-7-14-26-16-17/h1-3,5-8,11,14,16H,4,9-10,12-13,15H2. The van der Waals surface area contributed by atoms with Crippen molar-refractivity contribution in [1.82, 2.24) is 19.6 Å². The summed E-state index contributed by atoms with van der Waals surface area (Å²) in [5.41, 5.74) is 2.91. The zero-order valence-electron chi connectivity index (χ0n) is 14.6. The van der Waals surface area contributed by atoms with E-state index >= 15 is 0 Å². The largest absolute Gasteiger partial charge is 0.337 e. The Balaban J connectivity index is 1.47. The minimum Gasteiger partial charge on any atom is -0.337 e. The van der Waals surface area contributed by atoms with Crippen LogP contribution in [0.5, 0.6) is 0 Å². The number of benzene rings is 1. The highest BCUT2D eigenvalue weighted by Gasteiger charge is 2.22. The van der Waals surface area contributed by atoms with E-state index in [4.69, 9.17) is 0 Å². The fraction of sp³-hybridized carbons (Fsp3) is 0.300. The van der Waals surface area contributed by atoms with Crippen LogP contribution in [0.3, 0.4) is 0 Å². The highest BCUT2D eigenvalue weighted by molar-refractivity contribution is 7.07. The fourth-order valence-corrected chi connectivity index (χ4v) is 4.07. The first-order valence-corrected chi connectivity index (χ1v) is 9.87. The van der Waals surface area contributed by atoms with Crippen LogP contribution in [-0.4, -0.2) is 51.7 Å². The second-order valence-electron chi connectivity index (χ2n) is 6.52. The van der Waals surface area contributed by atoms with Gasteiger partial charge in [-0.25, -0.2) is 4.68 Å². The smallest absolute Gasteiger partial charge is 0.256 e. The van der Waals surface area contributed by atoms with Crippen molar-refractivity contribution in [2.45, 2.75) is 13.0 Å². The lowest BCUT2D eigenvalue weighted by Gasteiger charge is -2.23. The van der Waals surface area contributed by atoms with Gasteiger partial charge >= 0.3 is 0 Å². The molecule has 1 saturated heterocycles. The van der Waals surface area contributed by atoms with Gasteiger partial charge in [-0.2, -0.15) is 16.4 Å².